The molecule has 0 saturated heterocycles. The van der Waals surface area contributed by atoms with Crippen molar-refractivity contribution >= 4 is 5.97 Å². The van der Waals surface area contributed by atoms with Crippen LogP contribution in [0.1, 0.15) is 24.8 Å². The summed E-state index contributed by atoms with van der Waals surface area (Å²) in [5.41, 5.74) is 0.891. The fourth-order valence-electron chi connectivity index (χ4n) is 3.54. The number of aliphatic hydroxyl groups excluding tert-OH is 1. The zero-order valence-electron chi connectivity index (χ0n) is 17.0. The lowest BCUT2D eigenvalue weighted by Crippen LogP contribution is -2.37. The molecule has 166 valence electrons. The van der Waals surface area contributed by atoms with E-state index in [2.05, 4.69) is 0 Å². The van der Waals surface area contributed by atoms with Gasteiger partial charge in [0, 0.05) is 25.0 Å². The highest BCUT2D eigenvalue weighted by molar-refractivity contribution is 5.84. The van der Waals surface area contributed by atoms with Crippen LogP contribution in [0.5, 0.6) is 11.5 Å². The summed E-state index contributed by atoms with van der Waals surface area (Å²) in [6.07, 6.45) is 1.49. The first-order valence-corrected chi connectivity index (χ1v) is 10.0. The van der Waals surface area contributed by atoms with E-state index in [1.54, 1.807) is 6.08 Å². The second kappa shape index (κ2) is 11.2. The van der Waals surface area contributed by atoms with Crippen molar-refractivity contribution in [3.63, 3.8) is 0 Å². The predicted molar refractivity (Wildman–Crippen MR) is 104 cm³/mol. The Bertz CT molecular complexity index is 733. The predicted octanol–water partition coefficient (Wildman–Crippen LogP) is 1.89. The van der Waals surface area contributed by atoms with Crippen LogP contribution in [-0.4, -0.2) is 68.9 Å². The zero-order chi connectivity index (χ0) is 21.3. The highest BCUT2D eigenvalue weighted by Gasteiger charge is 2.38. The first kappa shape index (κ1) is 22.4. The molecule has 0 aliphatic carbocycles. The number of hydrogen-bond donors (Lipinski definition) is 2. The van der Waals surface area contributed by atoms with Gasteiger partial charge in [0.25, 0.3) is 0 Å². The van der Waals surface area contributed by atoms with Crippen LogP contribution in [0.15, 0.2) is 30.0 Å². The van der Waals surface area contributed by atoms with Crippen LogP contribution in [0, 0.1) is 5.92 Å². The van der Waals surface area contributed by atoms with Crippen LogP contribution in [0.4, 0.5) is 0 Å². The molecule has 1 aromatic carbocycles. The van der Waals surface area contributed by atoms with Gasteiger partial charge < -0.3 is 38.6 Å². The maximum Gasteiger partial charge on any atom is 0.370 e. The molecule has 0 bridgehead atoms. The minimum Gasteiger partial charge on any atom is -0.475 e. The standard InChI is InChI=1S/C21H28O9/c1-2-27-21-15(5-7-25-9-10-26-8-6-22)16(12-19(30-21)20(23)24)14-3-4-17-18(11-14)29-13-28-17/h3-4,11-12,15-16,21-22H,2,5-10,13H2,1H3,(H,23,24)/t15-,16-,21-/m0/s1. The Balaban J connectivity index is 1.75. The van der Waals surface area contributed by atoms with Gasteiger partial charge in [0.05, 0.1) is 26.4 Å². The van der Waals surface area contributed by atoms with E-state index in [1.807, 2.05) is 25.1 Å². The smallest absolute Gasteiger partial charge is 0.370 e. The first-order valence-electron chi connectivity index (χ1n) is 10.0. The lowest BCUT2D eigenvalue weighted by molar-refractivity contribution is -0.174. The van der Waals surface area contributed by atoms with Crippen LogP contribution in [-0.2, 0) is 23.7 Å². The van der Waals surface area contributed by atoms with Gasteiger partial charge in [-0.05, 0) is 37.1 Å². The number of carboxylic acids is 1. The molecule has 2 N–H and O–H groups in total. The average Bonchev–Trinajstić information content (AvgIpc) is 3.21. The summed E-state index contributed by atoms with van der Waals surface area (Å²) in [7, 11) is 0. The van der Waals surface area contributed by atoms with Crippen molar-refractivity contribution in [2.75, 3.05) is 46.4 Å². The Morgan fingerprint density at radius 2 is 1.90 bits per heavy atom. The molecule has 9 nitrogen and oxygen atoms in total. The minimum absolute atomic E-state index is 0.0229. The summed E-state index contributed by atoms with van der Waals surface area (Å²) in [6.45, 7) is 3.87. The van der Waals surface area contributed by atoms with E-state index in [0.717, 1.165) is 5.56 Å². The summed E-state index contributed by atoms with van der Waals surface area (Å²) >= 11 is 0. The number of fused-ring (bicyclic) bond motifs is 1. The molecule has 3 rings (SSSR count). The van der Waals surface area contributed by atoms with Crippen LogP contribution in [0.3, 0.4) is 0 Å². The molecule has 30 heavy (non-hydrogen) atoms. The van der Waals surface area contributed by atoms with Gasteiger partial charge >= 0.3 is 5.97 Å². The molecule has 0 spiro atoms. The second-order valence-electron chi connectivity index (χ2n) is 6.82. The molecule has 0 unspecified atom stereocenters. The molecule has 0 amide bonds. The van der Waals surface area contributed by atoms with E-state index in [1.165, 1.54) is 0 Å². The Morgan fingerprint density at radius 3 is 2.63 bits per heavy atom. The second-order valence-corrected chi connectivity index (χ2v) is 6.82. The topological polar surface area (TPSA) is 113 Å². The fraction of sp³-hybridized carbons (Fsp3) is 0.571. The first-order chi connectivity index (χ1) is 14.6. The number of ether oxygens (including phenoxy) is 6. The van der Waals surface area contributed by atoms with E-state index in [9.17, 15) is 9.90 Å². The van der Waals surface area contributed by atoms with Crippen LogP contribution >= 0.6 is 0 Å². The Labute approximate surface area is 175 Å². The van der Waals surface area contributed by atoms with Gasteiger partial charge in [-0.15, -0.1) is 0 Å². The maximum atomic E-state index is 11.6. The molecular weight excluding hydrogens is 396 g/mol. The number of aliphatic carboxylic acids is 1. The lowest BCUT2D eigenvalue weighted by Gasteiger charge is -2.36. The largest absolute Gasteiger partial charge is 0.475 e. The van der Waals surface area contributed by atoms with Crippen molar-refractivity contribution in [3.05, 3.63) is 35.6 Å². The number of aliphatic hydroxyl groups is 1. The van der Waals surface area contributed by atoms with Crippen molar-refractivity contribution in [2.45, 2.75) is 25.6 Å². The molecular formula is C21H28O9. The quantitative estimate of drug-likeness (QED) is 0.486. The van der Waals surface area contributed by atoms with Gasteiger partial charge in [0.1, 0.15) is 0 Å². The number of rotatable bonds is 12. The molecule has 0 radical (unpaired) electrons. The highest BCUT2D eigenvalue weighted by atomic mass is 16.7. The summed E-state index contributed by atoms with van der Waals surface area (Å²) in [6, 6.07) is 5.59. The van der Waals surface area contributed by atoms with Gasteiger partial charge in [0.15, 0.2) is 11.5 Å². The van der Waals surface area contributed by atoms with Gasteiger partial charge in [-0.3, -0.25) is 0 Å². The van der Waals surface area contributed by atoms with E-state index in [-0.39, 0.29) is 37.6 Å². The van der Waals surface area contributed by atoms with Crippen molar-refractivity contribution in [1.29, 1.82) is 0 Å². The average molecular weight is 424 g/mol. The SMILES string of the molecule is CCO[C@H]1OC(C(=O)O)=C[C@@H](c2ccc3c(c2)OCO3)[C@@H]1CCOCCOCCO. The van der Waals surface area contributed by atoms with Crippen LogP contribution in [0.25, 0.3) is 0 Å². The molecule has 2 aliphatic heterocycles. The highest BCUT2D eigenvalue weighted by Crippen LogP contribution is 2.42. The van der Waals surface area contributed by atoms with Gasteiger partial charge in [0.2, 0.25) is 18.8 Å². The molecule has 2 heterocycles. The Morgan fingerprint density at radius 1 is 1.13 bits per heavy atom. The molecule has 3 atom stereocenters. The number of allylic oxidation sites excluding steroid dienone is 1. The Hall–Kier alpha value is -2.33. The number of benzene rings is 1. The van der Waals surface area contributed by atoms with E-state index in [0.29, 0.717) is 44.3 Å². The summed E-state index contributed by atoms with van der Waals surface area (Å²) < 4.78 is 33.1. The van der Waals surface area contributed by atoms with Gasteiger partial charge in [-0.25, -0.2) is 4.79 Å². The lowest BCUT2D eigenvalue weighted by atomic mass is 9.81. The fourth-order valence-corrected chi connectivity index (χ4v) is 3.54. The van der Waals surface area contributed by atoms with E-state index >= 15 is 0 Å². The molecule has 9 heteroatoms. The summed E-state index contributed by atoms with van der Waals surface area (Å²) in [4.78, 5) is 11.6. The van der Waals surface area contributed by atoms with Gasteiger partial charge in [-0.2, -0.15) is 0 Å². The zero-order valence-corrected chi connectivity index (χ0v) is 17.0. The van der Waals surface area contributed by atoms with E-state index < -0.39 is 12.3 Å². The normalized spacial score (nSPS) is 22.5. The summed E-state index contributed by atoms with van der Waals surface area (Å²) in [5, 5.41) is 18.2. The monoisotopic (exact) mass is 424 g/mol. The summed E-state index contributed by atoms with van der Waals surface area (Å²) in [5.74, 6) is -0.394. The third-order valence-corrected chi connectivity index (χ3v) is 4.91. The van der Waals surface area contributed by atoms with Crippen molar-refractivity contribution in [2.24, 2.45) is 5.92 Å². The van der Waals surface area contributed by atoms with Crippen LogP contribution in [0.2, 0.25) is 0 Å². The molecule has 0 fully saturated rings. The van der Waals surface area contributed by atoms with Crippen molar-refractivity contribution < 1.29 is 43.4 Å². The number of carboxylic acid groups (broad SMARTS) is 1. The van der Waals surface area contributed by atoms with Crippen molar-refractivity contribution in [1.82, 2.24) is 0 Å². The maximum absolute atomic E-state index is 11.6. The molecule has 2 aliphatic rings. The number of carbonyl (C=O) groups is 1. The third-order valence-electron chi connectivity index (χ3n) is 4.91. The molecule has 0 saturated carbocycles. The minimum atomic E-state index is -1.14. The van der Waals surface area contributed by atoms with Gasteiger partial charge in [-0.1, -0.05) is 6.07 Å². The third kappa shape index (κ3) is 5.63. The molecule has 1 aromatic rings. The Kier molecular flexibility index (Phi) is 8.32. The molecule has 0 aromatic heterocycles. The van der Waals surface area contributed by atoms with Crippen molar-refractivity contribution in [3.8, 4) is 11.5 Å². The number of hydrogen-bond acceptors (Lipinski definition) is 8. The van der Waals surface area contributed by atoms with E-state index in [4.69, 9.17) is 33.5 Å². The van der Waals surface area contributed by atoms with Crippen LogP contribution < -0.4 is 9.47 Å².